The van der Waals surface area contributed by atoms with E-state index in [9.17, 15) is 9.59 Å². The van der Waals surface area contributed by atoms with E-state index in [1.54, 1.807) is 20.3 Å². The molecule has 2 N–H and O–H groups in total. The van der Waals surface area contributed by atoms with E-state index in [2.05, 4.69) is 15.5 Å². The Kier molecular flexibility index (Phi) is 5.14. The van der Waals surface area contributed by atoms with Crippen molar-refractivity contribution in [3.05, 3.63) is 29.3 Å². The molecule has 0 aliphatic carbocycles. The molecule has 27 heavy (non-hydrogen) atoms. The Morgan fingerprint density at radius 3 is 2.44 bits per heavy atom. The van der Waals surface area contributed by atoms with E-state index >= 15 is 0 Å². The molecule has 4 rings (SSSR count). The van der Waals surface area contributed by atoms with Gasteiger partial charge < -0.3 is 19.7 Å². The number of nitrogens with zero attached hydrogens (tertiary/aromatic N) is 2. The molecule has 8 heteroatoms. The van der Waals surface area contributed by atoms with E-state index < -0.39 is 6.23 Å². The molecule has 3 heterocycles. The lowest BCUT2D eigenvalue weighted by atomic mass is 10.0. The molecular weight excluding hydrogens is 348 g/mol. The molecule has 3 atom stereocenters. The topological polar surface area (TPSA) is 83.1 Å². The van der Waals surface area contributed by atoms with Crippen molar-refractivity contribution in [2.75, 3.05) is 45.3 Å². The lowest BCUT2D eigenvalue weighted by Gasteiger charge is -2.39. The number of benzene rings is 1. The minimum Gasteiger partial charge on any atom is -0.369 e. The number of hydrogen-bond acceptors (Lipinski definition) is 7. The third-order valence-corrected chi connectivity index (χ3v) is 5.68. The number of hydrogen-bond donors (Lipinski definition) is 2. The van der Waals surface area contributed by atoms with E-state index in [-0.39, 0.29) is 24.1 Å². The summed E-state index contributed by atoms with van der Waals surface area (Å²) in [7, 11) is 3.20. The maximum absolute atomic E-state index is 13.1. The first-order valence-electron chi connectivity index (χ1n) is 9.43. The molecule has 3 aliphatic heterocycles. The maximum atomic E-state index is 13.1. The summed E-state index contributed by atoms with van der Waals surface area (Å²) in [6.07, 6.45) is 0.764. The van der Waals surface area contributed by atoms with Crippen LogP contribution in [0.15, 0.2) is 18.2 Å². The van der Waals surface area contributed by atoms with Gasteiger partial charge in [0.1, 0.15) is 12.5 Å². The fourth-order valence-corrected chi connectivity index (χ4v) is 4.20. The summed E-state index contributed by atoms with van der Waals surface area (Å²) in [5, 5.41) is 6.53. The van der Waals surface area contributed by atoms with Gasteiger partial charge in [0.05, 0.1) is 17.2 Å². The predicted octanol–water partition coefficient (Wildman–Crippen LogP) is 0.389. The van der Waals surface area contributed by atoms with E-state index in [4.69, 9.17) is 9.47 Å². The fraction of sp³-hybridized carbons (Fsp3) is 0.579. The molecule has 2 fully saturated rings. The number of ether oxygens (including phenoxy) is 2. The molecule has 3 aliphatic rings. The number of rotatable bonds is 4. The molecule has 1 aromatic carbocycles. The summed E-state index contributed by atoms with van der Waals surface area (Å²) in [6, 6.07) is 5.23. The van der Waals surface area contributed by atoms with Gasteiger partial charge >= 0.3 is 0 Å². The molecule has 0 bridgehead atoms. The van der Waals surface area contributed by atoms with Crippen LogP contribution in [0, 0.1) is 0 Å². The number of carbonyl (C=O) groups is 2. The van der Waals surface area contributed by atoms with E-state index in [0.29, 0.717) is 24.0 Å². The zero-order chi connectivity index (χ0) is 19.0. The molecule has 1 aromatic rings. The summed E-state index contributed by atoms with van der Waals surface area (Å²) in [5.41, 5.74) is 1.95. The van der Waals surface area contributed by atoms with Crippen molar-refractivity contribution in [2.24, 2.45) is 0 Å². The van der Waals surface area contributed by atoms with Crippen LogP contribution in [0.5, 0.6) is 0 Å². The average Bonchev–Trinajstić information content (AvgIpc) is 2.98. The molecule has 3 unspecified atom stereocenters. The van der Waals surface area contributed by atoms with E-state index in [1.165, 1.54) is 4.90 Å². The lowest BCUT2D eigenvalue weighted by Crippen LogP contribution is -2.59. The van der Waals surface area contributed by atoms with Crippen molar-refractivity contribution in [2.45, 2.75) is 31.3 Å². The minimum absolute atomic E-state index is 0.138. The van der Waals surface area contributed by atoms with Gasteiger partial charge in [-0.15, -0.1) is 0 Å². The standard InChI is InChI=1S/C19H26N4O4/c1-26-16-6-5-15(17(21-16)27-2)23-18(24)13-4-3-12(11-14(13)19(23)25)22-9-7-20-8-10-22/h3-4,11,15-17,20-21H,5-10H2,1-2H3. The first kappa shape index (κ1) is 18.4. The zero-order valence-corrected chi connectivity index (χ0v) is 15.7. The normalized spacial score (nSPS) is 28.6. The lowest BCUT2D eigenvalue weighted by molar-refractivity contribution is -0.0739. The van der Waals surface area contributed by atoms with Crippen LogP contribution in [0.2, 0.25) is 0 Å². The zero-order valence-electron chi connectivity index (χ0n) is 15.7. The highest BCUT2D eigenvalue weighted by Crippen LogP contribution is 2.32. The van der Waals surface area contributed by atoms with Gasteiger partial charge in [0, 0.05) is 46.1 Å². The Bertz CT molecular complexity index is 734. The molecule has 0 radical (unpaired) electrons. The first-order chi connectivity index (χ1) is 13.1. The predicted molar refractivity (Wildman–Crippen MR) is 99.8 cm³/mol. The number of amides is 2. The van der Waals surface area contributed by atoms with Gasteiger partial charge in [-0.1, -0.05) is 0 Å². The van der Waals surface area contributed by atoms with Gasteiger partial charge in [-0.25, -0.2) is 0 Å². The summed E-state index contributed by atoms with van der Waals surface area (Å²) in [6.45, 7) is 3.61. The number of methoxy groups -OCH3 is 2. The Morgan fingerprint density at radius 1 is 1.00 bits per heavy atom. The largest absolute Gasteiger partial charge is 0.369 e. The highest BCUT2D eigenvalue weighted by atomic mass is 16.5. The van der Waals surface area contributed by atoms with Crippen molar-refractivity contribution in [1.29, 1.82) is 0 Å². The van der Waals surface area contributed by atoms with Gasteiger partial charge in [-0.2, -0.15) is 0 Å². The SMILES string of the molecule is COC1CCC(N2C(=O)c3ccc(N4CCNCC4)cc3C2=O)C(OC)N1. The van der Waals surface area contributed by atoms with Crippen LogP contribution < -0.4 is 15.5 Å². The third kappa shape index (κ3) is 3.23. The van der Waals surface area contributed by atoms with Crippen LogP contribution in [-0.2, 0) is 9.47 Å². The Hall–Kier alpha value is -2.00. The summed E-state index contributed by atoms with van der Waals surface area (Å²) in [4.78, 5) is 29.7. The summed E-state index contributed by atoms with van der Waals surface area (Å²) >= 11 is 0. The Labute approximate surface area is 158 Å². The maximum Gasteiger partial charge on any atom is 0.262 e. The van der Waals surface area contributed by atoms with E-state index in [1.807, 2.05) is 12.1 Å². The third-order valence-electron chi connectivity index (χ3n) is 5.68. The van der Waals surface area contributed by atoms with Crippen LogP contribution in [0.3, 0.4) is 0 Å². The highest BCUT2D eigenvalue weighted by Gasteiger charge is 2.45. The highest BCUT2D eigenvalue weighted by molar-refractivity contribution is 6.22. The molecule has 0 spiro atoms. The van der Waals surface area contributed by atoms with Crippen LogP contribution in [-0.4, -0.2) is 75.6 Å². The molecule has 8 nitrogen and oxygen atoms in total. The van der Waals surface area contributed by atoms with Gasteiger partial charge in [-0.3, -0.25) is 19.8 Å². The average molecular weight is 374 g/mol. The minimum atomic E-state index is -0.446. The number of imide groups is 1. The van der Waals surface area contributed by atoms with Crippen molar-refractivity contribution >= 4 is 17.5 Å². The van der Waals surface area contributed by atoms with Crippen LogP contribution in [0.4, 0.5) is 5.69 Å². The smallest absolute Gasteiger partial charge is 0.262 e. The number of carbonyl (C=O) groups excluding carboxylic acids is 2. The molecule has 2 amide bonds. The number of nitrogens with one attached hydrogen (secondary N) is 2. The first-order valence-corrected chi connectivity index (χ1v) is 9.43. The number of piperidine rings is 1. The second-order valence-corrected chi connectivity index (χ2v) is 7.14. The Morgan fingerprint density at radius 2 is 1.74 bits per heavy atom. The van der Waals surface area contributed by atoms with Crippen LogP contribution in [0.1, 0.15) is 33.6 Å². The van der Waals surface area contributed by atoms with Crippen LogP contribution >= 0.6 is 0 Å². The molecule has 0 saturated carbocycles. The van der Waals surface area contributed by atoms with E-state index in [0.717, 1.165) is 31.9 Å². The van der Waals surface area contributed by atoms with Gasteiger partial charge in [-0.05, 0) is 31.0 Å². The number of fused-ring (bicyclic) bond motifs is 1. The molecule has 146 valence electrons. The summed E-state index contributed by atoms with van der Waals surface area (Å²) < 4.78 is 10.9. The monoisotopic (exact) mass is 374 g/mol. The van der Waals surface area contributed by atoms with Gasteiger partial charge in [0.2, 0.25) is 0 Å². The fourth-order valence-electron chi connectivity index (χ4n) is 4.20. The second-order valence-electron chi connectivity index (χ2n) is 7.14. The van der Waals surface area contributed by atoms with Crippen molar-refractivity contribution in [3.63, 3.8) is 0 Å². The number of anilines is 1. The second kappa shape index (κ2) is 7.55. The van der Waals surface area contributed by atoms with Gasteiger partial charge in [0.25, 0.3) is 11.8 Å². The van der Waals surface area contributed by atoms with Crippen molar-refractivity contribution < 1.29 is 19.1 Å². The van der Waals surface area contributed by atoms with Crippen LogP contribution in [0.25, 0.3) is 0 Å². The Balaban J connectivity index is 1.59. The molecular formula is C19H26N4O4. The summed E-state index contributed by atoms with van der Waals surface area (Å²) in [5.74, 6) is -0.483. The van der Waals surface area contributed by atoms with Crippen molar-refractivity contribution in [3.8, 4) is 0 Å². The number of piperazine rings is 1. The van der Waals surface area contributed by atoms with Crippen molar-refractivity contribution in [1.82, 2.24) is 15.5 Å². The molecule has 2 saturated heterocycles. The quantitative estimate of drug-likeness (QED) is 0.738. The molecule has 0 aromatic heterocycles. The van der Waals surface area contributed by atoms with Gasteiger partial charge in [0.15, 0.2) is 0 Å².